The summed E-state index contributed by atoms with van der Waals surface area (Å²) in [6, 6.07) is 4.94. The van der Waals surface area contributed by atoms with E-state index < -0.39 is 5.63 Å². The Hall–Kier alpha value is -2.43. The Labute approximate surface area is 102 Å². The Morgan fingerprint density at radius 3 is 2.67 bits per heavy atom. The SMILES string of the molecule is COc1cc(=O)oc2c(OC)c3occc3cc12. The van der Waals surface area contributed by atoms with Gasteiger partial charge in [-0.05, 0) is 12.1 Å². The molecular formula is C13H10O5. The van der Waals surface area contributed by atoms with Crippen molar-refractivity contribution in [3.63, 3.8) is 0 Å². The predicted molar refractivity (Wildman–Crippen MR) is 65.4 cm³/mol. The molecular weight excluding hydrogens is 236 g/mol. The van der Waals surface area contributed by atoms with Gasteiger partial charge in [-0.2, -0.15) is 0 Å². The lowest BCUT2D eigenvalue weighted by Gasteiger charge is -2.07. The topological polar surface area (TPSA) is 61.8 Å². The van der Waals surface area contributed by atoms with Crippen molar-refractivity contribution in [2.24, 2.45) is 0 Å². The zero-order chi connectivity index (χ0) is 12.7. The van der Waals surface area contributed by atoms with E-state index in [0.29, 0.717) is 28.1 Å². The van der Waals surface area contributed by atoms with Crippen LogP contribution in [0.5, 0.6) is 11.5 Å². The van der Waals surface area contributed by atoms with E-state index in [-0.39, 0.29) is 0 Å². The molecule has 0 spiro atoms. The minimum Gasteiger partial charge on any atom is -0.496 e. The van der Waals surface area contributed by atoms with Crippen molar-refractivity contribution in [2.45, 2.75) is 0 Å². The summed E-state index contributed by atoms with van der Waals surface area (Å²) >= 11 is 0. The van der Waals surface area contributed by atoms with Crippen molar-refractivity contribution in [1.29, 1.82) is 0 Å². The maximum Gasteiger partial charge on any atom is 0.340 e. The van der Waals surface area contributed by atoms with Gasteiger partial charge in [0, 0.05) is 5.39 Å². The second-order valence-corrected chi connectivity index (χ2v) is 3.76. The number of hydrogen-bond donors (Lipinski definition) is 0. The monoisotopic (exact) mass is 246 g/mol. The van der Waals surface area contributed by atoms with Crippen LogP contribution in [0.25, 0.3) is 21.9 Å². The van der Waals surface area contributed by atoms with Crippen molar-refractivity contribution < 1.29 is 18.3 Å². The van der Waals surface area contributed by atoms with E-state index >= 15 is 0 Å². The average Bonchev–Trinajstić information content (AvgIpc) is 2.83. The molecule has 0 amide bonds. The van der Waals surface area contributed by atoms with Crippen LogP contribution in [0.1, 0.15) is 0 Å². The van der Waals surface area contributed by atoms with Gasteiger partial charge in [0.15, 0.2) is 11.2 Å². The highest BCUT2D eigenvalue weighted by Crippen LogP contribution is 2.37. The van der Waals surface area contributed by atoms with Gasteiger partial charge in [-0.3, -0.25) is 0 Å². The molecule has 3 aromatic rings. The van der Waals surface area contributed by atoms with Gasteiger partial charge in [0.05, 0.1) is 31.9 Å². The zero-order valence-corrected chi connectivity index (χ0v) is 9.85. The molecule has 18 heavy (non-hydrogen) atoms. The van der Waals surface area contributed by atoms with Gasteiger partial charge < -0.3 is 18.3 Å². The van der Waals surface area contributed by atoms with Crippen LogP contribution in [-0.2, 0) is 0 Å². The first kappa shape index (κ1) is 10.7. The third-order valence-electron chi connectivity index (χ3n) is 2.79. The molecule has 0 bridgehead atoms. The van der Waals surface area contributed by atoms with Gasteiger partial charge in [-0.25, -0.2) is 4.79 Å². The van der Waals surface area contributed by atoms with Crippen molar-refractivity contribution >= 4 is 21.9 Å². The van der Waals surface area contributed by atoms with Gasteiger partial charge in [-0.1, -0.05) is 0 Å². The third kappa shape index (κ3) is 1.37. The van der Waals surface area contributed by atoms with Crippen LogP contribution in [0.4, 0.5) is 0 Å². The van der Waals surface area contributed by atoms with E-state index in [4.69, 9.17) is 18.3 Å². The molecule has 2 heterocycles. The van der Waals surface area contributed by atoms with Crippen LogP contribution in [0, 0.1) is 0 Å². The lowest BCUT2D eigenvalue weighted by atomic mass is 10.1. The summed E-state index contributed by atoms with van der Waals surface area (Å²) in [5, 5.41) is 1.52. The zero-order valence-electron chi connectivity index (χ0n) is 9.85. The van der Waals surface area contributed by atoms with E-state index in [1.165, 1.54) is 20.3 Å². The van der Waals surface area contributed by atoms with Crippen LogP contribution in [0.3, 0.4) is 0 Å². The largest absolute Gasteiger partial charge is 0.496 e. The second-order valence-electron chi connectivity index (χ2n) is 3.76. The summed E-state index contributed by atoms with van der Waals surface area (Å²) in [7, 11) is 3.00. The lowest BCUT2D eigenvalue weighted by Crippen LogP contribution is -2.00. The summed E-state index contributed by atoms with van der Waals surface area (Å²) in [6.45, 7) is 0. The number of ether oxygens (including phenoxy) is 2. The first-order chi connectivity index (χ1) is 8.74. The molecule has 0 aliphatic heterocycles. The first-order valence-corrected chi connectivity index (χ1v) is 5.30. The molecule has 0 aliphatic carbocycles. The Kier molecular flexibility index (Phi) is 2.26. The second kappa shape index (κ2) is 3.80. The van der Waals surface area contributed by atoms with Crippen molar-refractivity contribution in [3.05, 3.63) is 34.9 Å². The molecule has 0 atom stereocenters. The standard InChI is InChI=1S/C13H10O5/c1-15-9-6-10(14)18-12-8(9)5-7-3-4-17-11(7)13(12)16-2/h3-6H,1-2H3. The molecule has 0 fully saturated rings. The lowest BCUT2D eigenvalue weighted by molar-refractivity contribution is 0.395. The summed E-state index contributed by atoms with van der Waals surface area (Å²) in [5.74, 6) is 0.839. The fraction of sp³-hybridized carbons (Fsp3) is 0.154. The van der Waals surface area contributed by atoms with Gasteiger partial charge >= 0.3 is 5.63 Å². The van der Waals surface area contributed by atoms with Crippen molar-refractivity contribution in [2.75, 3.05) is 14.2 Å². The average molecular weight is 246 g/mol. The predicted octanol–water partition coefficient (Wildman–Crippen LogP) is 2.56. The molecule has 0 saturated carbocycles. The Balaban J connectivity index is 2.58. The normalized spacial score (nSPS) is 11.0. The molecule has 5 nitrogen and oxygen atoms in total. The van der Waals surface area contributed by atoms with Crippen molar-refractivity contribution in [3.8, 4) is 11.5 Å². The molecule has 1 aromatic carbocycles. The van der Waals surface area contributed by atoms with E-state index in [2.05, 4.69) is 0 Å². The van der Waals surface area contributed by atoms with Gasteiger partial charge in [0.1, 0.15) is 5.75 Å². The molecule has 92 valence electrons. The van der Waals surface area contributed by atoms with Crippen LogP contribution in [-0.4, -0.2) is 14.2 Å². The number of benzene rings is 1. The molecule has 2 aromatic heterocycles. The fourth-order valence-electron chi connectivity index (χ4n) is 2.02. The minimum atomic E-state index is -0.497. The highest BCUT2D eigenvalue weighted by molar-refractivity contribution is 6.02. The highest BCUT2D eigenvalue weighted by atomic mass is 16.5. The first-order valence-electron chi connectivity index (χ1n) is 5.30. The maximum atomic E-state index is 11.5. The number of furan rings is 1. The van der Waals surface area contributed by atoms with Crippen LogP contribution in [0.15, 0.2) is 38.1 Å². The fourth-order valence-corrected chi connectivity index (χ4v) is 2.02. The van der Waals surface area contributed by atoms with Gasteiger partial charge in [0.25, 0.3) is 0 Å². The quantitative estimate of drug-likeness (QED) is 0.650. The Bertz CT molecular complexity index is 781. The minimum absolute atomic E-state index is 0.323. The third-order valence-corrected chi connectivity index (χ3v) is 2.79. The molecule has 0 radical (unpaired) electrons. The molecule has 3 rings (SSSR count). The van der Waals surface area contributed by atoms with E-state index in [1.807, 2.05) is 12.1 Å². The molecule has 0 unspecified atom stereocenters. The van der Waals surface area contributed by atoms with E-state index in [1.54, 1.807) is 6.26 Å². The Morgan fingerprint density at radius 2 is 1.94 bits per heavy atom. The number of rotatable bonds is 2. The summed E-state index contributed by atoms with van der Waals surface area (Å²) in [5.41, 5.74) is 0.370. The van der Waals surface area contributed by atoms with Gasteiger partial charge in [-0.15, -0.1) is 0 Å². The highest BCUT2D eigenvalue weighted by Gasteiger charge is 2.16. The van der Waals surface area contributed by atoms with E-state index in [9.17, 15) is 4.79 Å². The molecule has 0 aliphatic rings. The summed E-state index contributed by atoms with van der Waals surface area (Å²) < 4.78 is 21.0. The van der Waals surface area contributed by atoms with Crippen LogP contribution in [0.2, 0.25) is 0 Å². The number of hydrogen-bond acceptors (Lipinski definition) is 5. The summed E-state index contributed by atoms with van der Waals surface area (Å²) in [6.07, 6.45) is 1.55. The van der Waals surface area contributed by atoms with Gasteiger partial charge in [0.2, 0.25) is 5.75 Å². The van der Waals surface area contributed by atoms with Crippen molar-refractivity contribution in [1.82, 2.24) is 0 Å². The number of fused-ring (bicyclic) bond motifs is 2. The van der Waals surface area contributed by atoms with Crippen LogP contribution >= 0.6 is 0 Å². The Morgan fingerprint density at radius 1 is 1.11 bits per heavy atom. The maximum absolute atomic E-state index is 11.5. The van der Waals surface area contributed by atoms with Crippen LogP contribution < -0.4 is 15.1 Å². The smallest absolute Gasteiger partial charge is 0.340 e. The summed E-state index contributed by atoms with van der Waals surface area (Å²) in [4.78, 5) is 11.5. The van der Waals surface area contributed by atoms with E-state index in [0.717, 1.165) is 5.39 Å². The number of methoxy groups -OCH3 is 2. The molecule has 5 heteroatoms. The molecule has 0 saturated heterocycles. The molecule has 0 N–H and O–H groups in total.